The molecule has 0 aliphatic heterocycles. The van der Waals surface area contributed by atoms with Crippen LogP contribution in [0.15, 0.2) is 146 Å². The normalized spacial score (nSPS) is 14.7. The number of ether oxygens (including phenoxy) is 3. The molecule has 0 saturated heterocycles. The van der Waals surface area contributed by atoms with Crippen molar-refractivity contribution in [1.29, 1.82) is 0 Å². The van der Waals surface area contributed by atoms with Crippen molar-refractivity contribution >= 4 is 33.6 Å². The van der Waals surface area contributed by atoms with E-state index in [4.69, 9.17) is 32.3 Å². The number of esters is 3. The van der Waals surface area contributed by atoms with E-state index in [2.05, 4.69) is 167 Å². The van der Waals surface area contributed by atoms with Crippen molar-refractivity contribution in [3.05, 3.63) is 146 Å². The molecule has 0 aromatic heterocycles. The lowest BCUT2D eigenvalue weighted by atomic mass is 10.0. The Labute approximate surface area is 626 Å². The van der Waals surface area contributed by atoms with E-state index in [1.165, 1.54) is 103 Å². The summed E-state index contributed by atoms with van der Waals surface area (Å²) in [4.78, 5) is 58.6. The molecule has 18 heteroatoms. The number of allylic oxidation sites excluding steroid dienone is 24. The van der Waals surface area contributed by atoms with Crippen LogP contribution in [0, 0.1) is 0 Å². The zero-order valence-corrected chi connectivity index (χ0v) is 66.2. The van der Waals surface area contributed by atoms with Crippen molar-refractivity contribution in [2.75, 3.05) is 39.6 Å². The molecule has 16 nitrogen and oxygen atoms in total. The maximum atomic E-state index is 12.9. The first-order chi connectivity index (χ1) is 50.2. The van der Waals surface area contributed by atoms with Crippen LogP contribution in [0.3, 0.4) is 0 Å². The van der Waals surface area contributed by atoms with Crippen LogP contribution in [-0.4, -0.2) is 95.9 Å². The van der Waals surface area contributed by atoms with Gasteiger partial charge in [0.1, 0.15) is 25.4 Å². The summed E-state index contributed by atoms with van der Waals surface area (Å²) in [6, 6.07) is 0. The molecule has 0 amide bonds. The molecule has 0 heterocycles. The smallest absolute Gasteiger partial charge is 0.463 e. The van der Waals surface area contributed by atoms with Crippen LogP contribution in [0.25, 0.3) is 0 Å². The summed E-state index contributed by atoms with van der Waals surface area (Å²) < 4.78 is 61.1. The minimum atomic E-state index is -4.94. The summed E-state index contributed by atoms with van der Waals surface area (Å²) in [5.41, 5.74) is 0. The molecule has 0 radical (unpaired) electrons. The van der Waals surface area contributed by atoms with Crippen LogP contribution in [-0.2, 0) is 55.8 Å². The highest BCUT2D eigenvalue weighted by Crippen LogP contribution is 2.45. The van der Waals surface area contributed by atoms with Crippen molar-refractivity contribution in [3.63, 3.8) is 0 Å². The second kappa shape index (κ2) is 77.1. The Kier molecular flexibility index (Phi) is 73.6. The Morgan fingerprint density at radius 2 is 0.485 bits per heavy atom. The Balaban J connectivity index is 4.40. The molecule has 0 aromatic carbocycles. The summed E-state index contributed by atoms with van der Waals surface area (Å²) in [6.45, 7) is 2.30. The first-order valence-corrected chi connectivity index (χ1v) is 43.1. The lowest BCUT2D eigenvalue weighted by Gasteiger charge is -2.21. The molecule has 0 rings (SSSR count). The van der Waals surface area contributed by atoms with Gasteiger partial charge in [0.05, 0.1) is 26.4 Å². The van der Waals surface area contributed by atoms with Crippen LogP contribution in [0.2, 0.25) is 0 Å². The van der Waals surface area contributed by atoms with Crippen LogP contribution >= 0.6 is 15.6 Å². The first kappa shape index (κ1) is 98.4. The van der Waals surface area contributed by atoms with E-state index in [0.29, 0.717) is 19.3 Å². The zero-order valence-electron chi connectivity index (χ0n) is 64.4. The summed E-state index contributed by atoms with van der Waals surface area (Å²) in [6.07, 6.45) is 95.0. The fourth-order valence-corrected chi connectivity index (χ4v) is 12.1. The van der Waals surface area contributed by atoms with Gasteiger partial charge in [-0.15, -0.1) is 0 Å². The number of unbranched alkanes of at least 4 members (excludes halogenated alkanes) is 28. The minimum Gasteiger partial charge on any atom is -0.463 e. The third kappa shape index (κ3) is 78.3. The molecule has 0 aliphatic rings. The van der Waals surface area contributed by atoms with E-state index < -0.39 is 91.5 Å². The van der Waals surface area contributed by atoms with Gasteiger partial charge in [-0.25, -0.2) is 9.13 Å². The number of phosphoric ester groups is 2. The summed E-state index contributed by atoms with van der Waals surface area (Å²) in [5, 5.41) is 20.6. The zero-order chi connectivity index (χ0) is 75.2. The van der Waals surface area contributed by atoms with Crippen LogP contribution in [0.1, 0.15) is 316 Å². The summed E-state index contributed by atoms with van der Waals surface area (Å²) >= 11 is 0. The molecular formula is C85H144O16P2. The lowest BCUT2D eigenvalue weighted by Crippen LogP contribution is -2.30. The molecule has 0 bridgehead atoms. The monoisotopic (exact) mass is 1480 g/mol. The second-order valence-corrected chi connectivity index (χ2v) is 29.3. The minimum absolute atomic E-state index is 0.0763. The second-order valence-electron chi connectivity index (χ2n) is 26.4. The lowest BCUT2D eigenvalue weighted by molar-refractivity contribution is -0.161. The van der Waals surface area contributed by atoms with Gasteiger partial charge < -0.3 is 34.2 Å². The van der Waals surface area contributed by atoms with Crippen molar-refractivity contribution < 1.29 is 75.8 Å². The average molecular weight is 1480 g/mol. The molecular weight excluding hydrogens is 1340 g/mol. The van der Waals surface area contributed by atoms with Gasteiger partial charge in [0.15, 0.2) is 6.10 Å². The Bertz CT molecular complexity index is 2450. The van der Waals surface area contributed by atoms with E-state index in [-0.39, 0.29) is 19.3 Å². The number of aliphatic hydroxyl groups excluding tert-OH is 2. The number of rotatable bonds is 75. The quantitative estimate of drug-likeness (QED) is 0.0146. The number of hydrogen-bond donors (Lipinski definition) is 4. The predicted octanol–water partition coefficient (Wildman–Crippen LogP) is 23.7. The molecule has 5 unspecified atom stereocenters. The highest BCUT2D eigenvalue weighted by Gasteiger charge is 2.29. The van der Waals surface area contributed by atoms with Gasteiger partial charge in [-0.3, -0.25) is 32.5 Å². The van der Waals surface area contributed by atoms with E-state index in [1.807, 2.05) is 0 Å². The maximum Gasteiger partial charge on any atom is 0.472 e. The fourth-order valence-electron chi connectivity index (χ4n) is 10.5. The highest BCUT2D eigenvalue weighted by molar-refractivity contribution is 7.47. The van der Waals surface area contributed by atoms with Crippen molar-refractivity contribution in [3.8, 4) is 0 Å². The molecule has 0 aliphatic carbocycles. The SMILES string of the molecule is CC/C=C\C/C=C\C/C=C\C/C=C\C/C=C\CCCCCCCCCCCCCCCCCCCCCC(=O)OCC(O)COP(=O)(O)OCC(O)COP(=O)(O)OCC(COC(=O)CCCCCC/C=C\C/C=C\C/C=C\C/C=C\CC)OC(=O)CCCCCCC/C=C\C/C=C\C/C=C\CC. The van der Waals surface area contributed by atoms with E-state index in [1.54, 1.807) is 0 Å². The number of carbonyl (C=O) groups is 3. The van der Waals surface area contributed by atoms with Crippen molar-refractivity contribution in [1.82, 2.24) is 0 Å². The number of phosphoric acid groups is 2. The molecule has 0 fully saturated rings. The molecule has 590 valence electrons. The maximum absolute atomic E-state index is 12.9. The molecule has 4 N–H and O–H groups in total. The molecule has 0 spiro atoms. The van der Waals surface area contributed by atoms with E-state index in [9.17, 15) is 43.5 Å². The molecule has 103 heavy (non-hydrogen) atoms. The Morgan fingerprint density at radius 1 is 0.272 bits per heavy atom. The van der Waals surface area contributed by atoms with Crippen LogP contribution in [0.5, 0.6) is 0 Å². The first-order valence-electron chi connectivity index (χ1n) is 40.1. The topological polar surface area (TPSA) is 231 Å². The largest absolute Gasteiger partial charge is 0.472 e. The standard InChI is InChI=1S/C85H144O16P2/c1-4-7-10-13-16-19-22-25-28-30-31-32-33-34-35-36-37-38-39-40-41-42-43-44-45-46-47-49-52-53-56-59-62-65-68-71-83(88)95-74-80(86)75-97-102(91,92)98-76-81(87)77-99-103(93,94)100-79-82(101-85(90)73-70-67-64-61-58-55-50-27-24-21-18-15-12-9-6-3)78-96-84(89)72-69-66-63-60-57-54-51-48-29-26-23-20-17-14-11-8-5-2/h7-12,16-21,25-29,31-32,34-35,50-51,54,80-82,86-87H,4-6,13-15,22-24,30,33,36-49,52-53,55-79H2,1-3H3,(H,91,92)(H,93,94)/b10-7-,11-8-,12-9-,19-16-,20-17-,21-18-,28-25-,29-26-,32-31-,35-34-,50-27-,54-51-. The summed E-state index contributed by atoms with van der Waals surface area (Å²) in [7, 11) is -9.80. The predicted molar refractivity (Wildman–Crippen MR) is 426 cm³/mol. The Hall–Kier alpha value is -4.57. The number of hydrogen-bond acceptors (Lipinski definition) is 14. The Morgan fingerprint density at radius 3 is 0.767 bits per heavy atom. The number of aliphatic hydroxyl groups is 2. The van der Waals surface area contributed by atoms with Gasteiger partial charge in [-0.2, -0.15) is 0 Å². The van der Waals surface area contributed by atoms with Crippen LogP contribution in [0.4, 0.5) is 0 Å². The average Bonchev–Trinajstić information content (AvgIpc) is 0.915. The van der Waals surface area contributed by atoms with Gasteiger partial charge in [-0.1, -0.05) is 308 Å². The highest BCUT2D eigenvalue weighted by atomic mass is 31.2. The van der Waals surface area contributed by atoms with Gasteiger partial charge in [0, 0.05) is 19.3 Å². The third-order valence-corrected chi connectivity index (χ3v) is 18.4. The third-order valence-electron chi connectivity index (χ3n) is 16.5. The van der Waals surface area contributed by atoms with Gasteiger partial charge in [0.25, 0.3) is 0 Å². The molecule has 0 saturated carbocycles. The van der Waals surface area contributed by atoms with Crippen molar-refractivity contribution in [2.24, 2.45) is 0 Å². The van der Waals surface area contributed by atoms with E-state index >= 15 is 0 Å². The van der Waals surface area contributed by atoms with Gasteiger partial charge >= 0.3 is 33.6 Å². The summed E-state index contributed by atoms with van der Waals surface area (Å²) in [5.74, 6) is -1.62. The van der Waals surface area contributed by atoms with E-state index in [0.717, 1.165) is 154 Å². The number of carbonyl (C=O) groups excluding carboxylic acids is 3. The van der Waals surface area contributed by atoms with Gasteiger partial charge in [-0.05, 0) is 135 Å². The van der Waals surface area contributed by atoms with Gasteiger partial charge in [0.2, 0.25) is 0 Å². The molecule has 0 aromatic rings. The fraction of sp³-hybridized carbons (Fsp3) is 0.682. The van der Waals surface area contributed by atoms with Crippen LogP contribution < -0.4 is 0 Å². The molecule has 5 atom stereocenters. The van der Waals surface area contributed by atoms with Crippen molar-refractivity contribution in [2.45, 2.75) is 334 Å².